The van der Waals surface area contributed by atoms with Gasteiger partial charge in [0.15, 0.2) is 11.0 Å². The van der Waals surface area contributed by atoms with Crippen LogP contribution in [0.5, 0.6) is 0 Å². The van der Waals surface area contributed by atoms with E-state index in [4.69, 9.17) is 0 Å². The van der Waals surface area contributed by atoms with Crippen molar-refractivity contribution in [2.75, 3.05) is 31.9 Å². The molecule has 0 aliphatic carbocycles. The number of aromatic nitrogens is 4. The summed E-state index contributed by atoms with van der Waals surface area (Å²) in [7, 11) is 1.79. The summed E-state index contributed by atoms with van der Waals surface area (Å²) in [6.07, 6.45) is 0. The van der Waals surface area contributed by atoms with E-state index < -0.39 is 0 Å². The van der Waals surface area contributed by atoms with E-state index in [9.17, 15) is 9.18 Å². The van der Waals surface area contributed by atoms with Crippen molar-refractivity contribution in [3.05, 3.63) is 46.2 Å². The van der Waals surface area contributed by atoms with E-state index in [0.717, 1.165) is 30.3 Å². The number of aryl methyl sites for hydroxylation is 1. The third kappa shape index (κ3) is 4.71. The number of thioether (sulfide) groups is 1. The number of piperazine rings is 1. The van der Waals surface area contributed by atoms with Crippen LogP contribution >= 0.6 is 23.1 Å². The number of carbonyl (C=O) groups excluding carboxylic acids is 1. The second kappa shape index (κ2) is 9.23. The molecular weight excluding hydrogens is 423 g/mol. The molecule has 1 amide bonds. The summed E-state index contributed by atoms with van der Waals surface area (Å²) in [6.45, 7) is 5.95. The first-order chi connectivity index (χ1) is 14.5. The highest BCUT2D eigenvalue weighted by Crippen LogP contribution is 2.25. The number of carbonyl (C=O) groups is 1. The van der Waals surface area contributed by atoms with E-state index >= 15 is 0 Å². The SMILES string of the molecule is Cc1nc(CN2CCN(C(=O)CSc3nnc(-c4ccccc4F)n3C)CC2)cs1. The number of amides is 1. The van der Waals surface area contributed by atoms with Crippen molar-refractivity contribution < 1.29 is 9.18 Å². The minimum absolute atomic E-state index is 0.0830. The number of rotatable bonds is 6. The van der Waals surface area contributed by atoms with Gasteiger partial charge < -0.3 is 9.47 Å². The van der Waals surface area contributed by atoms with Gasteiger partial charge in [-0.15, -0.1) is 21.5 Å². The summed E-state index contributed by atoms with van der Waals surface area (Å²) in [5, 5.41) is 12.0. The standard InChI is InChI=1S/C20H23FN6OS2/c1-14-22-15(12-29-14)11-26-7-9-27(10-8-26)18(28)13-30-20-24-23-19(25(20)2)16-5-3-4-6-17(16)21/h3-6,12H,7-11,13H2,1-2H3. The van der Waals surface area contributed by atoms with Crippen molar-refractivity contribution in [1.29, 1.82) is 0 Å². The lowest BCUT2D eigenvalue weighted by Gasteiger charge is -2.34. The molecule has 4 rings (SSSR count). The fourth-order valence-corrected chi connectivity index (χ4v) is 4.82. The predicted molar refractivity (Wildman–Crippen MR) is 116 cm³/mol. The fourth-order valence-electron chi connectivity index (χ4n) is 3.40. The molecule has 0 bridgehead atoms. The molecule has 30 heavy (non-hydrogen) atoms. The quantitative estimate of drug-likeness (QED) is 0.543. The Balaban J connectivity index is 1.29. The highest BCUT2D eigenvalue weighted by molar-refractivity contribution is 7.99. The molecule has 1 fully saturated rings. The van der Waals surface area contributed by atoms with Gasteiger partial charge in [-0.1, -0.05) is 23.9 Å². The topological polar surface area (TPSA) is 67.2 Å². The summed E-state index contributed by atoms with van der Waals surface area (Å²) < 4.78 is 15.8. The average Bonchev–Trinajstić information content (AvgIpc) is 3.32. The maximum Gasteiger partial charge on any atom is 0.233 e. The van der Waals surface area contributed by atoms with Crippen molar-refractivity contribution in [3.8, 4) is 11.4 Å². The Morgan fingerprint density at radius 2 is 1.97 bits per heavy atom. The van der Waals surface area contributed by atoms with Crippen molar-refractivity contribution in [3.63, 3.8) is 0 Å². The van der Waals surface area contributed by atoms with Crippen LogP contribution in [0.2, 0.25) is 0 Å². The minimum Gasteiger partial charge on any atom is -0.339 e. The number of hydrogen-bond donors (Lipinski definition) is 0. The van der Waals surface area contributed by atoms with Crippen molar-refractivity contribution in [2.45, 2.75) is 18.6 Å². The van der Waals surface area contributed by atoms with Crippen LogP contribution in [0.1, 0.15) is 10.7 Å². The molecule has 1 aliphatic rings. The summed E-state index contributed by atoms with van der Waals surface area (Å²) >= 11 is 3.00. The first kappa shape index (κ1) is 21.0. The first-order valence-corrected chi connectivity index (χ1v) is 11.6. The summed E-state index contributed by atoms with van der Waals surface area (Å²) in [6, 6.07) is 6.47. The zero-order valence-electron chi connectivity index (χ0n) is 16.9. The molecule has 1 saturated heterocycles. The molecule has 3 aromatic rings. The molecule has 0 unspecified atom stereocenters. The summed E-state index contributed by atoms with van der Waals surface area (Å²) in [5.41, 5.74) is 1.50. The van der Waals surface area contributed by atoms with Crippen LogP contribution in [-0.2, 0) is 18.4 Å². The molecule has 0 atom stereocenters. The number of thiazole rings is 1. The largest absolute Gasteiger partial charge is 0.339 e. The zero-order valence-corrected chi connectivity index (χ0v) is 18.5. The Kier molecular flexibility index (Phi) is 6.45. The smallest absolute Gasteiger partial charge is 0.233 e. The molecule has 2 aromatic heterocycles. The minimum atomic E-state index is -0.341. The van der Waals surface area contributed by atoms with E-state index in [1.165, 1.54) is 17.8 Å². The van der Waals surface area contributed by atoms with Gasteiger partial charge in [0.1, 0.15) is 5.82 Å². The predicted octanol–water partition coefficient (Wildman–Crippen LogP) is 2.82. The molecular formula is C20H23FN6OS2. The molecule has 10 heteroatoms. The fraction of sp³-hybridized carbons (Fsp3) is 0.400. The maximum absolute atomic E-state index is 14.0. The van der Waals surface area contributed by atoms with Crippen molar-refractivity contribution >= 4 is 29.0 Å². The van der Waals surface area contributed by atoms with Crippen LogP contribution in [0.25, 0.3) is 11.4 Å². The monoisotopic (exact) mass is 446 g/mol. The van der Waals surface area contributed by atoms with Gasteiger partial charge in [0, 0.05) is 45.2 Å². The number of hydrogen-bond acceptors (Lipinski definition) is 7. The lowest BCUT2D eigenvalue weighted by Crippen LogP contribution is -2.48. The van der Waals surface area contributed by atoms with Crippen LogP contribution in [0.15, 0.2) is 34.8 Å². The number of halogens is 1. The molecule has 0 spiro atoms. The number of nitrogens with zero attached hydrogens (tertiary/aromatic N) is 6. The maximum atomic E-state index is 14.0. The van der Waals surface area contributed by atoms with Gasteiger partial charge in [0.2, 0.25) is 5.91 Å². The van der Waals surface area contributed by atoms with Crippen molar-refractivity contribution in [1.82, 2.24) is 29.5 Å². The van der Waals surface area contributed by atoms with E-state index in [1.54, 1.807) is 41.2 Å². The van der Waals surface area contributed by atoms with Crippen LogP contribution in [0, 0.1) is 12.7 Å². The molecule has 0 saturated carbocycles. The van der Waals surface area contributed by atoms with Crippen LogP contribution in [-0.4, -0.2) is 67.4 Å². The first-order valence-electron chi connectivity index (χ1n) is 9.69. The normalized spacial score (nSPS) is 15.0. The Bertz CT molecular complexity index is 1030. The molecule has 0 N–H and O–H groups in total. The molecule has 0 radical (unpaired) electrons. The third-order valence-corrected chi connectivity index (χ3v) is 6.88. The summed E-state index contributed by atoms with van der Waals surface area (Å²) in [5.74, 6) is 0.481. The van der Waals surface area contributed by atoms with Gasteiger partial charge in [-0.25, -0.2) is 9.37 Å². The van der Waals surface area contributed by atoms with Crippen molar-refractivity contribution in [2.24, 2.45) is 7.05 Å². The molecule has 7 nitrogen and oxygen atoms in total. The Morgan fingerprint density at radius 3 is 2.67 bits per heavy atom. The van der Waals surface area contributed by atoms with Crippen LogP contribution in [0.3, 0.4) is 0 Å². The average molecular weight is 447 g/mol. The molecule has 3 heterocycles. The Labute approximate surface area is 182 Å². The van der Waals surface area contributed by atoms with Gasteiger partial charge in [-0.3, -0.25) is 9.69 Å². The van der Waals surface area contributed by atoms with Crippen LogP contribution in [0.4, 0.5) is 4.39 Å². The molecule has 158 valence electrons. The lowest BCUT2D eigenvalue weighted by molar-refractivity contribution is -0.130. The van der Waals surface area contributed by atoms with Gasteiger partial charge in [-0.2, -0.15) is 0 Å². The van der Waals surface area contributed by atoms with E-state index in [0.29, 0.717) is 29.6 Å². The molecule has 1 aliphatic heterocycles. The number of benzene rings is 1. The zero-order chi connectivity index (χ0) is 21.1. The third-order valence-electron chi connectivity index (χ3n) is 5.05. The van der Waals surface area contributed by atoms with Gasteiger partial charge in [-0.05, 0) is 19.1 Å². The second-order valence-corrected chi connectivity index (χ2v) is 9.15. The van der Waals surface area contributed by atoms with Crippen LogP contribution < -0.4 is 0 Å². The van der Waals surface area contributed by atoms with E-state index in [-0.39, 0.29) is 17.5 Å². The Morgan fingerprint density at radius 1 is 1.20 bits per heavy atom. The molecule has 1 aromatic carbocycles. The lowest BCUT2D eigenvalue weighted by atomic mass is 10.2. The summed E-state index contributed by atoms with van der Waals surface area (Å²) in [4.78, 5) is 21.4. The van der Waals surface area contributed by atoms with Gasteiger partial charge in [0.05, 0.1) is 22.0 Å². The van der Waals surface area contributed by atoms with E-state index in [2.05, 4.69) is 25.5 Å². The van der Waals surface area contributed by atoms with Gasteiger partial charge in [0.25, 0.3) is 0 Å². The van der Waals surface area contributed by atoms with Gasteiger partial charge >= 0.3 is 0 Å². The second-order valence-electron chi connectivity index (χ2n) is 7.15. The highest BCUT2D eigenvalue weighted by Gasteiger charge is 2.23. The van der Waals surface area contributed by atoms with E-state index in [1.807, 2.05) is 11.8 Å². The Hall–Kier alpha value is -2.30. The highest BCUT2D eigenvalue weighted by atomic mass is 32.2.